The maximum absolute atomic E-state index is 2.87. The summed E-state index contributed by atoms with van der Waals surface area (Å²) in [7, 11) is 0. The smallest absolute Gasteiger partial charge is 0.252 e. The molecule has 0 amide bonds. The van der Waals surface area contributed by atoms with E-state index in [0.29, 0.717) is 17.8 Å². The summed E-state index contributed by atoms with van der Waals surface area (Å²) >= 11 is 0. The van der Waals surface area contributed by atoms with Crippen molar-refractivity contribution in [2.75, 3.05) is 9.80 Å². The van der Waals surface area contributed by atoms with Gasteiger partial charge in [-0.05, 0) is 281 Å². The average molecular weight is 1530 g/mol. The monoisotopic (exact) mass is 1520 g/mol. The Morgan fingerprint density at radius 1 is 0.274 bits per heavy atom. The van der Waals surface area contributed by atoms with E-state index in [4.69, 9.17) is 0 Å². The average Bonchev–Trinajstić information content (AvgIpc) is 0.843. The zero-order valence-electron chi connectivity index (χ0n) is 72.2. The highest BCUT2D eigenvalue weighted by atomic mass is 15.2. The van der Waals surface area contributed by atoms with E-state index < -0.39 is 0 Å². The lowest BCUT2D eigenvalue weighted by molar-refractivity contribution is -0.00514. The van der Waals surface area contributed by atoms with Gasteiger partial charge in [0.25, 0.3) is 6.71 Å². The zero-order valence-corrected chi connectivity index (χ0v) is 72.2. The highest BCUT2D eigenvalue weighted by molar-refractivity contribution is 7.00. The molecule has 2 aromatic heterocycles. The fourth-order valence-corrected chi connectivity index (χ4v) is 21.9. The molecule has 4 fully saturated rings. The molecule has 15 aromatic rings. The van der Waals surface area contributed by atoms with Crippen molar-refractivity contribution >= 4 is 101 Å². The van der Waals surface area contributed by atoms with Crippen LogP contribution >= 0.6 is 0 Å². The molecule has 0 radical (unpaired) electrons. The van der Waals surface area contributed by atoms with Crippen LogP contribution in [0.4, 0.5) is 34.1 Å². The molecule has 0 N–H and O–H groups in total. The Hall–Kier alpha value is -10.9. The molecule has 21 rings (SSSR count). The standard InChI is InChI=1S/C112H113BN4/c1-106(2,3)76-39-47-95-89(54-76)90-55-77(107(4,5)6)40-48-96(90)114(95)83-43-45-93-99(64-83)116(104-85(72-31-23-19-24-32-72)58-80(110(13,14)15)59-86(104)73-33-25-20-26-34-73)101-62-82(112-66-69-51-70(67-112)53-71(52-69)68-112)63-102-103(101)113(93)94-46-44-84(115-97-49-41-78(108(7,8)9)56-91(97)92-57-79(109(10,11)12)42-50-98(92)115)65-100(94)117(102)105-87(74-35-27-21-28-36-74)60-81(111(16,17)18)61-88(105)75-37-29-22-30-38-75/h19-50,54-65,69-71H,51-53,66-68H2,1-18H3. The molecule has 0 saturated heterocycles. The second kappa shape index (κ2) is 26.6. The molecule has 4 saturated carbocycles. The number of benzene rings is 13. The molecule has 4 heterocycles. The maximum Gasteiger partial charge on any atom is 0.252 e. The number of fused-ring (bicyclic) bond motifs is 10. The van der Waals surface area contributed by atoms with Crippen LogP contribution in [0.3, 0.4) is 0 Å². The molecule has 4 nitrogen and oxygen atoms in total. The Morgan fingerprint density at radius 3 is 0.812 bits per heavy atom. The van der Waals surface area contributed by atoms with Crippen molar-refractivity contribution in [2.45, 2.75) is 201 Å². The van der Waals surface area contributed by atoms with Gasteiger partial charge < -0.3 is 18.9 Å². The van der Waals surface area contributed by atoms with Gasteiger partial charge in [0.05, 0.1) is 33.4 Å². The fourth-order valence-electron chi connectivity index (χ4n) is 21.9. The second-order valence-corrected chi connectivity index (χ2v) is 42.1. The van der Waals surface area contributed by atoms with Crippen LogP contribution in [0.1, 0.15) is 202 Å². The first-order valence-corrected chi connectivity index (χ1v) is 43.6. The predicted octanol–water partition coefficient (Wildman–Crippen LogP) is 28.9. The third kappa shape index (κ3) is 12.4. The van der Waals surface area contributed by atoms with Crippen molar-refractivity contribution in [1.29, 1.82) is 0 Å². The molecule has 0 atom stereocenters. The summed E-state index contributed by atoms with van der Waals surface area (Å²) in [6, 6.07) is 107. The van der Waals surface area contributed by atoms with Gasteiger partial charge in [0.1, 0.15) is 0 Å². The first-order valence-electron chi connectivity index (χ1n) is 43.6. The molecule has 117 heavy (non-hydrogen) atoms. The summed E-state index contributed by atoms with van der Waals surface area (Å²) < 4.78 is 5.24. The lowest BCUT2D eigenvalue weighted by Gasteiger charge is -2.57. The predicted molar refractivity (Wildman–Crippen MR) is 503 cm³/mol. The van der Waals surface area contributed by atoms with Gasteiger partial charge in [0.15, 0.2) is 0 Å². The minimum atomic E-state index is -0.229. The quantitative estimate of drug-likeness (QED) is 0.134. The van der Waals surface area contributed by atoms with Crippen molar-refractivity contribution in [3.05, 3.63) is 306 Å². The van der Waals surface area contributed by atoms with E-state index in [1.54, 1.807) is 0 Å². The first kappa shape index (κ1) is 74.9. The summed E-state index contributed by atoms with van der Waals surface area (Å²) in [6.07, 6.45) is 7.67. The SMILES string of the molecule is CC(C)(C)c1cc(-c2ccccc2)c(N2c3cc(-n4c5ccc(C(C)(C)C)cc5c5cc(C(C)(C)C)ccc54)ccc3B3c4ccc(-n5c6ccc(C(C)(C)C)cc6c6cc(C(C)(C)C)ccc65)cc4N(c4c(-c5ccccc5)cc(C(C)(C)C)cc4-c4ccccc4)c4cc(C56CC7CC(CC(C7)C5)C6)cc2c43)c(-c2ccccc2)c1. The minimum Gasteiger partial charge on any atom is -0.310 e. The number of rotatable bonds is 9. The number of nitrogens with zero attached hydrogens (tertiary/aromatic N) is 4. The number of anilines is 6. The van der Waals surface area contributed by atoms with E-state index in [2.05, 4.69) is 410 Å². The Bertz CT molecular complexity index is 5850. The molecule has 6 aliphatic rings. The molecule has 2 aliphatic heterocycles. The Morgan fingerprint density at radius 2 is 0.547 bits per heavy atom. The summed E-state index contributed by atoms with van der Waals surface area (Å²) in [4.78, 5) is 5.73. The Kier molecular flexibility index (Phi) is 17.0. The van der Waals surface area contributed by atoms with E-state index in [-0.39, 0.29) is 44.6 Å². The van der Waals surface area contributed by atoms with Gasteiger partial charge in [-0.15, -0.1) is 0 Å². The number of hydrogen-bond acceptors (Lipinski definition) is 2. The largest absolute Gasteiger partial charge is 0.310 e. The zero-order chi connectivity index (χ0) is 81.1. The van der Waals surface area contributed by atoms with Gasteiger partial charge in [-0.1, -0.05) is 282 Å². The minimum absolute atomic E-state index is 0.0415. The van der Waals surface area contributed by atoms with Gasteiger partial charge in [0, 0.05) is 77.9 Å². The van der Waals surface area contributed by atoms with Crippen LogP contribution in [-0.2, 0) is 37.9 Å². The molecular formula is C112H113BN4. The van der Waals surface area contributed by atoms with Gasteiger partial charge in [-0.25, -0.2) is 0 Å². The summed E-state index contributed by atoms with van der Waals surface area (Å²) in [6.45, 7) is 42.5. The number of aromatic nitrogens is 2. The van der Waals surface area contributed by atoms with Gasteiger partial charge in [-0.2, -0.15) is 0 Å². The topological polar surface area (TPSA) is 16.3 Å². The van der Waals surface area contributed by atoms with Crippen LogP contribution < -0.4 is 26.2 Å². The highest BCUT2D eigenvalue weighted by Crippen LogP contribution is 2.63. The second-order valence-electron chi connectivity index (χ2n) is 42.1. The summed E-state index contributed by atoms with van der Waals surface area (Å²) in [5.41, 5.74) is 36.8. The van der Waals surface area contributed by atoms with Gasteiger partial charge >= 0.3 is 0 Å². The lowest BCUT2D eigenvalue weighted by Crippen LogP contribution is -2.61. The normalized spacial score (nSPS) is 18.0. The van der Waals surface area contributed by atoms with Crippen LogP contribution in [0.5, 0.6) is 0 Å². The molecule has 4 bridgehead atoms. The molecular weight excluding hydrogens is 1410 g/mol. The Balaban J connectivity index is 0.981. The van der Waals surface area contributed by atoms with Crippen molar-refractivity contribution in [2.24, 2.45) is 17.8 Å². The van der Waals surface area contributed by atoms with Crippen LogP contribution in [-0.4, -0.2) is 15.8 Å². The van der Waals surface area contributed by atoms with Crippen LogP contribution in [0.25, 0.3) is 99.5 Å². The van der Waals surface area contributed by atoms with E-state index in [1.807, 2.05) is 0 Å². The van der Waals surface area contributed by atoms with Crippen LogP contribution in [0.2, 0.25) is 0 Å². The van der Waals surface area contributed by atoms with Crippen molar-refractivity contribution in [3.8, 4) is 55.9 Å². The van der Waals surface area contributed by atoms with Crippen molar-refractivity contribution < 1.29 is 0 Å². The molecule has 0 unspecified atom stereocenters. The van der Waals surface area contributed by atoms with Crippen LogP contribution in [0.15, 0.2) is 267 Å². The molecule has 5 heteroatoms. The van der Waals surface area contributed by atoms with Crippen molar-refractivity contribution in [1.82, 2.24) is 9.13 Å². The molecule has 584 valence electrons. The summed E-state index contributed by atoms with van der Waals surface area (Å²) in [5.74, 6) is 2.09. The van der Waals surface area contributed by atoms with Gasteiger partial charge in [-0.3, -0.25) is 0 Å². The third-order valence-electron chi connectivity index (χ3n) is 27.9. The van der Waals surface area contributed by atoms with E-state index in [9.17, 15) is 0 Å². The third-order valence-corrected chi connectivity index (χ3v) is 27.9. The molecule has 0 spiro atoms. The first-order chi connectivity index (χ1) is 55.7. The lowest BCUT2D eigenvalue weighted by atomic mass is 9.33. The maximum atomic E-state index is 2.87. The van der Waals surface area contributed by atoms with Gasteiger partial charge in [0.2, 0.25) is 0 Å². The van der Waals surface area contributed by atoms with Crippen LogP contribution in [0, 0.1) is 17.8 Å². The molecule has 13 aromatic carbocycles. The van der Waals surface area contributed by atoms with E-state index in [0.717, 1.165) is 11.4 Å². The number of hydrogen-bond donors (Lipinski definition) is 0. The van der Waals surface area contributed by atoms with E-state index >= 15 is 0 Å². The summed E-state index contributed by atoms with van der Waals surface area (Å²) in [5, 5.41) is 5.14. The van der Waals surface area contributed by atoms with E-state index in [1.165, 1.54) is 216 Å². The Labute approximate surface area is 695 Å². The molecule has 4 aliphatic carbocycles. The fraction of sp³-hybridized carbons (Fsp3) is 0.304. The highest BCUT2D eigenvalue weighted by Gasteiger charge is 2.54. The van der Waals surface area contributed by atoms with Crippen molar-refractivity contribution in [3.63, 3.8) is 0 Å².